The Balaban J connectivity index is 1.58. The smallest absolute Gasteiger partial charge is 0.254 e. The summed E-state index contributed by atoms with van der Waals surface area (Å²) in [6.07, 6.45) is 2.35. The average Bonchev–Trinajstić information content (AvgIpc) is 3.38. The van der Waals surface area contributed by atoms with Crippen molar-refractivity contribution < 1.29 is 14.4 Å². The molecule has 3 amide bonds. The van der Waals surface area contributed by atoms with Gasteiger partial charge in [0.25, 0.3) is 5.91 Å². The molecule has 0 saturated carbocycles. The molecule has 160 valence electrons. The fourth-order valence-electron chi connectivity index (χ4n) is 3.34. The zero-order valence-corrected chi connectivity index (χ0v) is 18.5. The van der Waals surface area contributed by atoms with Gasteiger partial charge in [0.1, 0.15) is 6.54 Å². The number of amides is 3. The maximum Gasteiger partial charge on any atom is 0.254 e. The van der Waals surface area contributed by atoms with Crippen LogP contribution < -0.4 is 5.32 Å². The maximum absolute atomic E-state index is 12.8. The summed E-state index contributed by atoms with van der Waals surface area (Å²) in [6, 6.07) is 7.18. The minimum absolute atomic E-state index is 0.0635. The van der Waals surface area contributed by atoms with Crippen molar-refractivity contribution in [1.29, 1.82) is 0 Å². The minimum Gasteiger partial charge on any atom is -0.342 e. The van der Waals surface area contributed by atoms with E-state index in [9.17, 15) is 14.4 Å². The van der Waals surface area contributed by atoms with Crippen molar-refractivity contribution >= 4 is 34.2 Å². The molecule has 1 saturated heterocycles. The quantitative estimate of drug-likeness (QED) is 0.735. The molecule has 7 nitrogen and oxygen atoms in total. The van der Waals surface area contributed by atoms with Gasteiger partial charge in [0.2, 0.25) is 11.8 Å². The van der Waals surface area contributed by atoms with Gasteiger partial charge in [0, 0.05) is 30.1 Å². The number of hydrogen-bond acceptors (Lipinski definition) is 5. The van der Waals surface area contributed by atoms with Gasteiger partial charge < -0.3 is 15.1 Å². The predicted molar refractivity (Wildman–Crippen MR) is 118 cm³/mol. The number of aryl methyl sites for hydroxylation is 1. The molecule has 0 radical (unpaired) electrons. The number of hydrogen-bond donors (Lipinski definition) is 1. The zero-order valence-electron chi connectivity index (χ0n) is 17.7. The fourth-order valence-corrected chi connectivity index (χ4v) is 4.07. The molecule has 1 aromatic heterocycles. The molecule has 8 heteroatoms. The highest BCUT2D eigenvalue weighted by atomic mass is 32.1. The van der Waals surface area contributed by atoms with E-state index in [0.717, 1.165) is 31.5 Å². The molecule has 1 aromatic carbocycles. The van der Waals surface area contributed by atoms with Crippen molar-refractivity contribution in [2.75, 3.05) is 25.0 Å². The van der Waals surface area contributed by atoms with Crippen LogP contribution in [0.5, 0.6) is 0 Å². The van der Waals surface area contributed by atoms with Crippen LogP contribution in [0.3, 0.4) is 0 Å². The Morgan fingerprint density at radius 3 is 2.47 bits per heavy atom. The molecule has 3 rings (SSSR count). The van der Waals surface area contributed by atoms with E-state index >= 15 is 0 Å². The highest BCUT2D eigenvalue weighted by Crippen LogP contribution is 2.18. The Morgan fingerprint density at radius 2 is 1.83 bits per heavy atom. The Kier molecular flexibility index (Phi) is 7.20. The Morgan fingerprint density at radius 1 is 1.17 bits per heavy atom. The van der Waals surface area contributed by atoms with E-state index in [1.54, 1.807) is 17.5 Å². The Labute approximate surface area is 181 Å². The van der Waals surface area contributed by atoms with Crippen LogP contribution in [0, 0.1) is 6.92 Å². The van der Waals surface area contributed by atoms with Crippen LogP contribution in [0.15, 0.2) is 29.6 Å². The molecule has 0 unspecified atom stereocenters. The predicted octanol–water partition coefficient (Wildman–Crippen LogP) is 3.11. The molecule has 0 atom stereocenters. The molecule has 2 heterocycles. The monoisotopic (exact) mass is 428 g/mol. The molecule has 0 spiro atoms. The zero-order chi connectivity index (χ0) is 21.7. The third-order valence-corrected chi connectivity index (χ3v) is 5.89. The topological polar surface area (TPSA) is 82.6 Å². The van der Waals surface area contributed by atoms with Gasteiger partial charge >= 0.3 is 0 Å². The number of rotatable bonds is 7. The highest BCUT2D eigenvalue weighted by molar-refractivity contribution is 7.13. The lowest BCUT2D eigenvalue weighted by Crippen LogP contribution is -2.42. The van der Waals surface area contributed by atoms with Crippen LogP contribution in [0.25, 0.3) is 0 Å². The molecule has 1 aliphatic heterocycles. The normalized spacial score (nSPS) is 13.5. The molecule has 1 N–H and O–H groups in total. The third kappa shape index (κ3) is 5.66. The number of likely N-dealkylation sites (tertiary alicyclic amines) is 1. The lowest BCUT2D eigenvalue weighted by atomic mass is 10.1. The van der Waals surface area contributed by atoms with Gasteiger partial charge in [-0.2, -0.15) is 0 Å². The van der Waals surface area contributed by atoms with E-state index in [1.165, 1.54) is 16.2 Å². The van der Waals surface area contributed by atoms with E-state index in [2.05, 4.69) is 10.3 Å². The van der Waals surface area contributed by atoms with Crippen LogP contribution >= 0.6 is 11.3 Å². The number of benzene rings is 1. The van der Waals surface area contributed by atoms with Crippen LogP contribution in [0.2, 0.25) is 0 Å². The molecule has 1 fully saturated rings. The molecular weight excluding hydrogens is 400 g/mol. The van der Waals surface area contributed by atoms with Gasteiger partial charge in [-0.3, -0.25) is 14.4 Å². The van der Waals surface area contributed by atoms with Crippen molar-refractivity contribution in [2.45, 2.75) is 46.1 Å². The second kappa shape index (κ2) is 9.84. The van der Waals surface area contributed by atoms with E-state index in [4.69, 9.17) is 0 Å². The first-order valence-electron chi connectivity index (χ1n) is 10.2. The second-order valence-electron chi connectivity index (χ2n) is 7.85. The van der Waals surface area contributed by atoms with Gasteiger partial charge in [-0.1, -0.05) is 17.7 Å². The van der Waals surface area contributed by atoms with Gasteiger partial charge in [0.15, 0.2) is 5.13 Å². The lowest BCUT2D eigenvalue weighted by molar-refractivity contribution is -0.129. The lowest BCUT2D eigenvalue weighted by Gasteiger charge is -2.26. The molecule has 0 bridgehead atoms. The van der Waals surface area contributed by atoms with Gasteiger partial charge in [-0.15, -0.1) is 11.3 Å². The Hall–Kier alpha value is -2.74. The first-order chi connectivity index (χ1) is 14.3. The summed E-state index contributed by atoms with van der Waals surface area (Å²) in [4.78, 5) is 45.4. The van der Waals surface area contributed by atoms with Crippen molar-refractivity contribution in [3.8, 4) is 0 Å². The first-order valence-corrected chi connectivity index (χ1v) is 11.1. The summed E-state index contributed by atoms with van der Waals surface area (Å²) in [5.74, 6) is -0.419. The number of aromatic nitrogens is 1. The summed E-state index contributed by atoms with van der Waals surface area (Å²) >= 11 is 1.29. The number of thiazole rings is 1. The van der Waals surface area contributed by atoms with Crippen molar-refractivity contribution in [1.82, 2.24) is 14.8 Å². The summed E-state index contributed by atoms with van der Waals surface area (Å²) < 4.78 is 0. The van der Waals surface area contributed by atoms with Crippen LogP contribution in [-0.4, -0.2) is 58.2 Å². The van der Waals surface area contributed by atoms with Gasteiger partial charge in [-0.05, 0) is 45.7 Å². The van der Waals surface area contributed by atoms with E-state index in [0.29, 0.717) is 16.4 Å². The summed E-state index contributed by atoms with van der Waals surface area (Å²) in [5.41, 5.74) is 2.28. The standard InChI is InChI=1S/C22H28N4O3S/c1-15(2)26(21(29)17-8-6-16(3)7-9-17)13-19(27)24-22-23-18(14-30-22)12-20(28)25-10-4-5-11-25/h6-9,14-15H,4-5,10-13H2,1-3H3,(H,23,24,27). The van der Waals surface area contributed by atoms with Crippen molar-refractivity contribution in [3.05, 3.63) is 46.5 Å². The first kappa shape index (κ1) is 22.0. The van der Waals surface area contributed by atoms with E-state index in [-0.39, 0.29) is 36.7 Å². The van der Waals surface area contributed by atoms with Crippen molar-refractivity contribution in [2.24, 2.45) is 0 Å². The molecule has 30 heavy (non-hydrogen) atoms. The second-order valence-corrected chi connectivity index (χ2v) is 8.71. The van der Waals surface area contributed by atoms with Gasteiger partial charge in [-0.25, -0.2) is 4.98 Å². The number of nitrogens with one attached hydrogen (secondary N) is 1. The number of carbonyl (C=O) groups is 3. The summed E-state index contributed by atoms with van der Waals surface area (Å²) in [7, 11) is 0. The average molecular weight is 429 g/mol. The maximum atomic E-state index is 12.8. The fraction of sp³-hybridized carbons (Fsp3) is 0.455. The SMILES string of the molecule is Cc1ccc(C(=O)N(CC(=O)Nc2nc(CC(=O)N3CCCC3)cs2)C(C)C)cc1. The highest BCUT2D eigenvalue weighted by Gasteiger charge is 2.23. The Bertz CT molecular complexity index is 901. The van der Waals surface area contributed by atoms with Crippen LogP contribution in [0.4, 0.5) is 5.13 Å². The van der Waals surface area contributed by atoms with E-state index < -0.39 is 0 Å². The molecule has 0 aliphatic carbocycles. The van der Waals surface area contributed by atoms with Crippen LogP contribution in [-0.2, 0) is 16.0 Å². The number of carbonyl (C=O) groups excluding carboxylic acids is 3. The minimum atomic E-state index is -0.309. The molecule has 1 aliphatic rings. The van der Waals surface area contributed by atoms with Crippen LogP contribution in [0.1, 0.15) is 48.3 Å². The van der Waals surface area contributed by atoms with Crippen molar-refractivity contribution in [3.63, 3.8) is 0 Å². The number of anilines is 1. The number of nitrogens with zero attached hydrogens (tertiary/aromatic N) is 3. The largest absolute Gasteiger partial charge is 0.342 e. The molecule has 2 aromatic rings. The van der Waals surface area contributed by atoms with E-state index in [1.807, 2.05) is 37.8 Å². The summed E-state index contributed by atoms with van der Waals surface area (Å²) in [6.45, 7) is 7.28. The van der Waals surface area contributed by atoms with Gasteiger partial charge in [0.05, 0.1) is 12.1 Å². The summed E-state index contributed by atoms with van der Waals surface area (Å²) in [5, 5.41) is 4.99. The third-order valence-electron chi connectivity index (χ3n) is 5.09. The molecular formula is C22H28N4O3S.